The Morgan fingerprint density at radius 3 is 2.31 bits per heavy atom. The van der Waals surface area contributed by atoms with E-state index in [1.165, 1.54) is 17.0 Å². The van der Waals surface area contributed by atoms with Crippen molar-refractivity contribution < 1.29 is 24.5 Å². The average molecular weight is 439 g/mol. The Bertz CT molecular complexity index is 980. The van der Waals surface area contributed by atoms with Gasteiger partial charge in [0.1, 0.15) is 17.3 Å². The molecular formula is C25H30N2O5. The molecule has 32 heavy (non-hydrogen) atoms. The second-order valence-electron chi connectivity index (χ2n) is 8.11. The van der Waals surface area contributed by atoms with Crippen LogP contribution in [0.1, 0.15) is 36.9 Å². The highest BCUT2D eigenvalue weighted by Gasteiger charge is 2.45. The normalized spacial score (nSPS) is 17.9. The van der Waals surface area contributed by atoms with Gasteiger partial charge < -0.3 is 24.7 Å². The maximum absolute atomic E-state index is 13.0. The summed E-state index contributed by atoms with van der Waals surface area (Å²) in [5.74, 6) is -0.836. The lowest BCUT2D eigenvalue weighted by Gasteiger charge is -2.26. The molecule has 7 heteroatoms. The van der Waals surface area contributed by atoms with Gasteiger partial charge in [0.15, 0.2) is 0 Å². The van der Waals surface area contributed by atoms with E-state index in [1.54, 1.807) is 36.4 Å². The molecule has 0 aliphatic carbocycles. The lowest BCUT2D eigenvalue weighted by Crippen LogP contribution is -2.35. The number of aliphatic hydroxyl groups is 1. The van der Waals surface area contributed by atoms with Crippen molar-refractivity contribution in [3.63, 3.8) is 0 Å². The minimum absolute atomic E-state index is 0.0408. The lowest BCUT2D eigenvalue weighted by atomic mass is 9.95. The Labute approximate surface area is 188 Å². The number of phenolic OH excluding ortho intramolecular Hbond substituents is 1. The molecule has 7 nitrogen and oxygen atoms in total. The third-order valence-electron chi connectivity index (χ3n) is 5.43. The Morgan fingerprint density at radius 1 is 1.06 bits per heavy atom. The van der Waals surface area contributed by atoms with E-state index in [4.69, 9.17) is 4.74 Å². The standard InChI is InChI=1S/C25H30N2O5/c1-4-5-16-32-20-12-8-18(9-13-20)23(29)21-22(17-6-10-19(28)11-7-17)27(15-14-26(2)3)25(31)24(21)30/h6-13,22,28-29H,4-5,14-16H2,1-3H3/t22-/m0/s1. The number of amides is 1. The third-order valence-corrected chi connectivity index (χ3v) is 5.43. The van der Waals surface area contributed by atoms with Crippen LogP contribution in [0.3, 0.4) is 0 Å². The van der Waals surface area contributed by atoms with Gasteiger partial charge in [0.25, 0.3) is 11.7 Å². The molecule has 1 amide bonds. The number of benzene rings is 2. The van der Waals surface area contributed by atoms with E-state index in [2.05, 4.69) is 6.92 Å². The van der Waals surface area contributed by atoms with Gasteiger partial charge in [-0.05, 0) is 62.5 Å². The van der Waals surface area contributed by atoms with Gasteiger partial charge in [-0.25, -0.2) is 0 Å². The molecule has 1 heterocycles. The quantitative estimate of drug-likeness (QED) is 0.269. The van der Waals surface area contributed by atoms with Gasteiger partial charge in [-0.15, -0.1) is 0 Å². The van der Waals surface area contributed by atoms with Crippen molar-refractivity contribution in [2.45, 2.75) is 25.8 Å². The fourth-order valence-electron chi connectivity index (χ4n) is 3.62. The summed E-state index contributed by atoms with van der Waals surface area (Å²) < 4.78 is 5.66. The van der Waals surface area contributed by atoms with Crippen molar-refractivity contribution in [1.29, 1.82) is 0 Å². The van der Waals surface area contributed by atoms with Crippen LogP contribution < -0.4 is 4.74 Å². The van der Waals surface area contributed by atoms with E-state index < -0.39 is 17.7 Å². The monoisotopic (exact) mass is 438 g/mol. The van der Waals surface area contributed by atoms with Gasteiger partial charge in [-0.2, -0.15) is 0 Å². The number of aliphatic hydroxyl groups excluding tert-OH is 1. The number of hydrogen-bond acceptors (Lipinski definition) is 6. The van der Waals surface area contributed by atoms with E-state index in [0.29, 0.717) is 36.6 Å². The van der Waals surface area contributed by atoms with Crippen LogP contribution in [0.5, 0.6) is 11.5 Å². The Kier molecular flexibility index (Phi) is 7.53. The lowest BCUT2D eigenvalue weighted by molar-refractivity contribution is -0.140. The van der Waals surface area contributed by atoms with E-state index in [0.717, 1.165) is 12.8 Å². The number of ether oxygens (including phenoxy) is 1. The zero-order valence-electron chi connectivity index (χ0n) is 18.7. The number of carbonyl (C=O) groups excluding carboxylic acids is 2. The Morgan fingerprint density at radius 2 is 1.72 bits per heavy atom. The number of nitrogens with zero attached hydrogens (tertiary/aromatic N) is 2. The summed E-state index contributed by atoms with van der Waals surface area (Å²) in [6.07, 6.45) is 1.98. The maximum Gasteiger partial charge on any atom is 0.295 e. The van der Waals surface area contributed by atoms with Gasteiger partial charge in [0, 0.05) is 18.7 Å². The van der Waals surface area contributed by atoms with Crippen molar-refractivity contribution in [3.8, 4) is 11.5 Å². The predicted molar refractivity (Wildman–Crippen MR) is 123 cm³/mol. The number of ketones is 1. The summed E-state index contributed by atoms with van der Waals surface area (Å²) in [6.45, 7) is 3.58. The molecule has 0 unspecified atom stereocenters. The molecule has 3 rings (SSSR count). The molecule has 2 N–H and O–H groups in total. The molecule has 1 atom stereocenters. The minimum Gasteiger partial charge on any atom is -0.508 e. The summed E-state index contributed by atoms with van der Waals surface area (Å²) >= 11 is 0. The maximum atomic E-state index is 13.0. The van der Waals surface area contributed by atoms with Crippen LogP contribution in [0.2, 0.25) is 0 Å². The van der Waals surface area contributed by atoms with Crippen molar-refractivity contribution in [1.82, 2.24) is 9.80 Å². The highest BCUT2D eigenvalue weighted by molar-refractivity contribution is 6.46. The Balaban J connectivity index is 2.00. The van der Waals surface area contributed by atoms with E-state index in [1.807, 2.05) is 19.0 Å². The van der Waals surface area contributed by atoms with Crippen LogP contribution in [0.4, 0.5) is 0 Å². The zero-order chi connectivity index (χ0) is 23.3. The fraction of sp³-hybridized carbons (Fsp3) is 0.360. The molecule has 0 radical (unpaired) electrons. The van der Waals surface area contributed by atoms with Gasteiger partial charge in [-0.1, -0.05) is 25.5 Å². The molecule has 0 saturated carbocycles. The average Bonchev–Trinajstić information content (AvgIpc) is 3.03. The van der Waals surface area contributed by atoms with Crippen LogP contribution in [-0.4, -0.2) is 65.5 Å². The third kappa shape index (κ3) is 5.11. The molecule has 170 valence electrons. The number of Topliss-reactive ketones (excluding diaryl/α,β-unsaturated/α-hetero) is 1. The van der Waals surface area contributed by atoms with E-state index >= 15 is 0 Å². The SMILES string of the molecule is CCCCOc1ccc(C(O)=C2C(=O)C(=O)N(CCN(C)C)[C@H]2c2ccc(O)cc2)cc1. The van der Waals surface area contributed by atoms with Crippen LogP contribution in [0.15, 0.2) is 54.1 Å². The highest BCUT2D eigenvalue weighted by atomic mass is 16.5. The molecule has 2 aromatic carbocycles. The Hall–Kier alpha value is -3.32. The summed E-state index contributed by atoms with van der Waals surface area (Å²) in [4.78, 5) is 29.2. The topological polar surface area (TPSA) is 90.3 Å². The molecule has 0 spiro atoms. The van der Waals surface area contributed by atoms with Crippen LogP contribution in [-0.2, 0) is 9.59 Å². The van der Waals surface area contributed by atoms with Crippen LogP contribution in [0, 0.1) is 0 Å². The van der Waals surface area contributed by atoms with E-state index in [9.17, 15) is 19.8 Å². The first-order valence-corrected chi connectivity index (χ1v) is 10.8. The van der Waals surface area contributed by atoms with Gasteiger partial charge in [0.2, 0.25) is 0 Å². The van der Waals surface area contributed by atoms with Crippen LogP contribution in [0.25, 0.3) is 5.76 Å². The largest absolute Gasteiger partial charge is 0.508 e. The number of aromatic hydroxyl groups is 1. The summed E-state index contributed by atoms with van der Waals surface area (Å²) in [5.41, 5.74) is 1.11. The number of unbranched alkanes of at least 4 members (excludes halogenated alkanes) is 1. The molecule has 0 aromatic heterocycles. The van der Waals surface area contributed by atoms with Gasteiger partial charge in [0.05, 0.1) is 18.2 Å². The number of hydrogen-bond donors (Lipinski definition) is 2. The van der Waals surface area contributed by atoms with Gasteiger partial charge >= 0.3 is 0 Å². The first kappa shape index (κ1) is 23.3. The molecule has 2 aromatic rings. The number of carbonyl (C=O) groups is 2. The van der Waals surface area contributed by atoms with Crippen molar-refractivity contribution in [2.24, 2.45) is 0 Å². The number of phenols is 1. The second-order valence-corrected chi connectivity index (χ2v) is 8.11. The molecule has 0 bridgehead atoms. The molecule has 1 fully saturated rings. The molecule has 1 saturated heterocycles. The first-order valence-electron chi connectivity index (χ1n) is 10.8. The molecule has 1 aliphatic heterocycles. The summed E-state index contributed by atoms with van der Waals surface area (Å²) in [5, 5.41) is 20.7. The van der Waals surface area contributed by atoms with Crippen molar-refractivity contribution in [3.05, 3.63) is 65.2 Å². The minimum atomic E-state index is -0.740. The second kappa shape index (κ2) is 10.3. The van der Waals surface area contributed by atoms with Crippen LogP contribution >= 0.6 is 0 Å². The summed E-state index contributed by atoms with van der Waals surface area (Å²) in [6, 6.07) is 12.4. The first-order chi connectivity index (χ1) is 15.3. The van der Waals surface area contributed by atoms with Gasteiger partial charge in [-0.3, -0.25) is 9.59 Å². The molecule has 1 aliphatic rings. The summed E-state index contributed by atoms with van der Waals surface area (Å²) in [7, 11) is 3.77. The number of likely N-dealkylation sites (N-methyl/N-ethyl adjacent to an activating group) is 1. The molecular weight excluding hydrogens is 408 g/mol. The predicted octanol–water partition coefficient (Wildman–Crippen LogP) is 3.55. The number of likely N-dealkylation sites (tertiary alicyclic amines) is 1. The zero-order valence-corrected chi connectivity index (χ0v) is 18.7. The van der Waals surface area contributed by atoms with Crippen molar-refractivity contribution in [2.75, 3.05) is 33.8 Å². The smallest absolute Gasteiger partial charge is 0.295 e. The van der Waals surface area contributed by atoms with Crippen molar-refractivity contribution >= 4 is 17.4 Å². The van der Waals surface area contributed by atoms with E-state index in [-0.39, 0.29) is 17.1 Å². The number of rotatable bonds is 9. The highest BCUT2D eigenvalue weighted by Crippen LogP contribution is 2.39. The fourth-order valence-corrected chi connectivity index (χ4v) is 3.62.